The molecule has 1 aromatic carbocycles. The van der Waals surface area contributed by atoms with Gasteiger partial charge in [-0.2, -0.15) is 12.6 Å². The monoisotopic (exact) mass is 264 g/mol. The van der Waals surface area contributed by atoms with Crippen molar-refractivity contribution in [3.8, 4) is 0 Å². The Morgan fingerprint density at radius 1 is 1.28 bits per heavy atom. The lowest BCUT2D eigenvalue weighted by Crippen LogP contribution is -2.23. The molecule has 0 aliphatic heterocycles. The maximum Gasteiger partial charge on any atom is 0.338 e. The van der Waals surface area contributed by atoms with Crippen molar-refractivity contribution >= 4 is 24.7 Å². The van der Waals surface area contributed by atoms with E-state index in [1.807, 2.05) is 39.0 Å². The molecule has 1 rings (SSSR count). The molecule has 0 unspecified atom stereocenters. The van der Waals surface area contributed by atoms with E-state index in [1.165, 1.54) is 0 Å². The number of benzene rings is 1. The van der Waals surface area contributed by atoms with Crippen molar-refractivity contribution in [3.05, 3.63) is 41.5 Å². The van der Waals surface area contributed by atoms with Crippen molar-refractivity contribution in [1.82, 2.24) is 0 Å². The fourth-order valence-electron chi connectivity index (χ4n) is 1.36. The number of thiol groups is 1. The fourth-order valence-corrected chi connectivity index (χ4v) is 1.51. The van der Waals surface area contributed by atoms with Gasteiger partial charge in [0.25, 0.3) is 0 Å². The molecular formula is C15H20O2S. The first-order chi connectivity index (χ1) is 8.42. The van der Waals surface area contributed by atoms with Gasteiger partial charge >= 0.3 is 5.97 Å². The first-order valence-electron chi connectivity index (χ1n) is 6.03. The highest BCUT2D eigenvalue weighted by Crippen LogP contribution is 2.13. The summed E-state index contributed by atoms with van der Waals surface area (Å²) in [5.41, 5.74) is 1.20. The molecule has 0 amide bonds. The molecule has 0 saturated heterocycles. The summed E-state index contributed by atoms with van der Waals surface area (Å²) in [4.78, 5) is 11.8. The third-order valence-corrected chi connectivity index (χ3v) is 2.41. The van der Waals surface area contributed by atoms with E-state index in [2.05, 4.69) is 18.7 Å². The van der Waals surface area contributed by atoms with Crippen LogP contribution >= 0.6 is 12.6 Å². The molecule has 0 heterocycles. The number of hydrogen-bond acceptors (Lipinski definition) is 3. The van der Waals surface area contributed by atoms with Crippen LogP contribution in [0.3, 0.4) is 0 Å². The molecule has 0 saturated carbocycles. The van der Waals surface area contributed by atoms with Gasteiger partial charge in [0.1, 0.15) is 5.60 Å². The van der Waals surface area contributed by atoms with E-state index < -0.39 is 5.60 Å². The molecule has 0 radical (unpaired) electrons. The maximum atomic E-state index is 11.8. The first-order valence-corrected chi connectivity index (χ1v) is 6.66. The minimum Gasteiger partial charge on any atom is -0.456 e. The lowest BCUT2D eigenvalue weighted by Gasteiger charge is -2.19. The molecule has 0 N–H and O–H groups in total. The zero-order valence-electron chi connectivity index (χ0n) is 11.1. The van der Waals surface area contributed by atoms with Gasteiger partial charge in [-0.15, -0.1) is 0 Å². The molecule has 3 heteroatoms. The van der Waals surface area contributed by atoms with Crippen molar-refractivity contribution in [2.75, 3.05) is 5.75 Å². The molecule has 1 aromatic rings. The number of rotatable bonds is 4. The molecule has 98 valence electrons. The lowest BCUT2D eigenvalue weighted by molar-refractivity contribution is 0.00696. The van der Waals surface area contributed by atoms with Gasteiger partial charge in [-0.05, 0) is 50.6 Å². The maximum absolute atomic E-state index is 11.8. The van der Waals surface area contributed by atoms with Crippen LogP contribution in [0, 0.1) is 0 Å². The third-order valence-electron chi connectivity index (χ3n) is 2.15. The summed E-state index contributed by atoms with van der Waals surface area (Å²) in [5.74, 6) is 0.556. The predicted octanol–water partition coefficient (Wildman–Crippen LogP) is 3.98. The van der Waals surface area contributed by atoms with Crippen LogP contribution in [-0.2, 0) is 4.74 Å². The second-order valence-electron chi connectivity index (χ2n) is 5.04. The van der Waals surface area contributed by atoms with Gasteiger partial charge in [0, 0.05) is 0 Å². The van der Waals surface area contributed by atoms with E-state index in [0.717, 1.165) is 17.7 Å². The van der Waals surface area contributed by atoms with Gasteiger partial charge in [0.05, 0.1) is 5.56 Å². The summed E-state index contributed by atoms with van der Waals surface area (Å²) in [6.07, 6.45) is 5.03. The quantitative estimate of drug-likeness (QED) is 0.657. The molecule has 0 spiro atoms. The van der Waals surface area contributed by atoms with Crippen molar-refractivity contribution in [2.45, 2.75) is 32.8 Å². The molecule has 18 heavy (non-hydrogen) atoms. The van der Waals surface area contributed by atoms with Crippen molar-refractivity contribution in [2.24, 2.45) is 0 Å². The number of carbonyl (C=O) groups excluding carboxylic acids is 1. The minimum absolute atomic E-state index is 0.284. The highest BCUT2D eigenvalue weighted by molar-refractivity contribution is 7.80. The minimum atomic E-state index is -0.456. The van der Waals surface area contributed by atoms with Gasteiger partial charge in [-0.3, -0.25) is 0 Å². The summed E-state index contributed by atoms with van der Waals surface area (Å²) in [5, 5.41) is 0. The van der Waals surface area contributed by atoms with Crippen LogP contribution in [-0.4, -0.2) is 17.3 Å². The first kappa shape index (κ1) is 14.8. The highest BCUT2D eigenvalue weighted by atomic mass is 32.1. The van der Waals surface area contributed by atoms with E-state index in [9.17, 15) is 4.79 Å². The summed E-state index contributed by atoms with van der Waals surface area (Å²) in [7, 11) is 0. The molecule has 0 fully saturated rings. The average Bonchev–Trinajstić information content (AvgIpc) is 2.28. The molecule has 0 aromatic heterocycles. The lowest BCUT2D eigenvalue weighted by atomic mass is 10.1. The van der Waals surface area contributed by atoms with Gasteiger partial charge < -0.3 is 4.74 Å². The van der Waals surface area contributed by atoms with Crippen LogP contribution in [0.5, 0.6) is 0 Å². The zero-order chi connectivity index (χ0) is 13.6. The molecule has 0 bridgehead atoms. The van der Waals surface area contributed by atoms with E-state index in [1.54, 1.807) is 12.1 Å². The van der Waals surface area contributed by atoms with Crippen LogP contribution in [0.25, 0.3) is 6.08 Å². The van der Waals surface area contributed by atoms with Crippen LogP contribution < -0.4 is 0 Å². The number of ether oxygens (including phenoxy) is 1. The van der Waals surface area contributed by atoms with Crippen molar-refractivity contribution in [1.29, 1.82) is 0 Å². The Balaban J connectivity index is 2.68. The number of allylic oxidation sites excluding steroid dienone is 1. The number of hydrogen-bond donors (Lipinski definition) is 1. The van der Waals surface area contributed by atoms with Gasteiger partial charge in [0.2, 0.25) is 0 Å². The summed E-state index contributed by atoms with van der Waals surface area (Å²) < 4.78 is 5.30. The third kappa shape index (κ3) is 5.41. The molecule has 0 atom stereocenters. The van der Waals surface area contributed by atoms with Crippen LogP contribution in [0.15, 0.2) is 30.3 Å². The SMILES string of the molecule is CC(C)(C)OC(=O)c1ccc(C=CCCS)cc1. The summed E-state index contributed by atoms with van der Waals surface area (Å²) >= 11 is 4.14. The van der Waals surface area contributed by atoms with Gasteiger partial charge in [-0.1, -0.05) is 24.3 Å². The standard InChI is InChI=1S/C15H20O2S/c1-15(2,3)17-14(16)13-9-7-12(8-10-13)6-4-5-11-18/h4,6-10,18H,5,11H2,1-3H3. The molecular weight excluding hydrogens is 244 g/mol. The smallest absolute Gasteiger partial charge is 0.338 e. The molecule has 0 aliphatic rings. The van der Waals surface area contributed by atoms with Crippen LogP contribution in [0.4, 0.5) is 0 Å². The zero-order valence-corrected chi connectivity index (χ0v) is 12.0. The van der Waals surface area contributed by atoms with Crippen molar-refractivity contribution in [3.63, 3.8) is 0 Å². The van der Waals surface area contributed by atoms with E-state index in [4.69, 9.17) is 4.74 Å². The Hall–Kier alpha value is -1.22. The predicted molar refractivity (Wildman–Crippen MR) is 79.1 cm³/mol. The Labute approximate surface area is 114 Å². The van der Waals surface area contributed by atoms with Crippen LogP contribution in [0.1, 0.15) is 43.1 Å². The number of carbonyl (C=O) groups is 1. The molecule has 0 aliphatic carbocycles. The summed E-state index contributed by atoms with van der Waals surface area (Å²) in [6.45, 7) is 5.58. The van der Waals surface area contributed by atoms with Gasteiger partial charge in [-0.25, -0.2) is 4.79 Å². The highest BCUT2D eigenvalue weighted by Gasteiger charge is 2.17. The number of esters is 1. The second kappa shape index (κ2) is 6.64. The van der Waals surface area contributed by atoms with E-state index >= 15 is 0 Å². The average molecular weight is 264 g/mol. The Morgan fingerprint density at radius 2 is 1.89 bits per heavy atom. The summed E-state index contributed by atoms with van der Waals surface area (Å²) in [6, 6.07) is 7.39. The van der Waals surface area contributed by atoms with Gasteiger partial charge in [0.15, 0.2) is 0 Å². The Bertz CT molecular complexity index is 413. The van der Waals surface area contributed by atoms with Crippen LogP contribution in [0.2, 0.25) is 0 Å². The topological polar surface area (TPSA) is 26.3 Å². The second-order valence-corrected chi connectivity index (χ2v) is 5.49. The van der Waals surface area contributed by atoms with Crippen molar-refractivity contribution < 1.29 is 9.53 Å². The largest absolute Gasteiger partial charge is 0.456 e. The molecule has 2 nitrogen and oxygen atoms in total. The fraction of sp³-hybridized carbons (Fsp3) is 0.400. The van der Waals surface area contributed by atoms with E-state index in [0.29, 0.717) is 5.56 Å². The normalized spacial score (nSPS) is 11.8. The Kier molecular flexibility index (Phi) is 5.48. The van der Waals surface area contributed by atoms with E-state index in [-0.39, 0.29) is 5.97 Å². The Morgan fingerprint density at radius 3 is 2.39 bits per heavy atom.